The van der Waals surface area contributed by atoms with Crippen molar-refractivity contribution in [2.75, 3.05) is 6.61 Å². The molecule has 0 heterocycles. The molecule has 2 rings (SSSR count). The second kappa shape index (κ2) is 9.52. The van der Waals surface area contributed by atoms with Gasteiger partial charge in [0.15, 0.2) is 0 Å². The summed E-state index contributed by atoms with van der Waals surface area (Å²) in [7, 11) is 0. The van der Waals surface area contributed by atoms with E-state index in [1.807, 2.05) is 55.5 Å². The molecule has 0 unspecified atom stereocenters. The zero-order chi connectivity index (χ0) is 18.1. The second-order valence-corrected chi connectivity index (χ2v) is 5.77. The summed E-state index contributed by atoms with van der Waals surface area (Å²) in [4.78, 5) is 11.5. The van der Waals surface area contributed by atoms with Crippen LogP contribution >= 0.6 is 0 Å². The zero-order valence-corrected chi connectivity index (χ0v) is 14.7. The maximum absolute atomic E-state index is 11.5. The van der Waals surface area contributed by atoms with Crippen molar-refractivity contribution >= 4 is 5.97 Å². The fraction of sp³-hybridized carbons (Fsp3) is 0.286. The molecule has 1 aliphatic rings. The van der Waals surface area contributed by atoms with Gasteiger partial charge in [-0.2, -0.15) is 0 Å². The monoisotopic (exact) mass is 340 g/mol. The van der Waals surface area contributed by atoms with E-state index in [9.17, 15) is 9.90 Å². The maximum Gasteiger partial charge on any atom is 0.373 e. The molecular weight excluding hydrogens is 316 g/mol. The molecule has 1 aliphatic carbocycles. The van der Waals surface area contributed by atoms with Crippen molar-refractivity contribution in [3.05, 3.63) is 82.9 Å². The molecule has 0 spiro atoms. The third-order valence-corrected chi connectivity index (χ3v) is 3.81. The van der Waals surface area contributed by atoms with Crippen molar-refractivity contribution in [2.45, 2.75) is 33.3 Å². The van der Waals surface area contributed by atoms with Gasteiger partial charge in [0.25, 0.3) is 0 Å². The third-order valence-electron chi connectivity index (χ3n) is 3.81. The largest absolute Gasteiger partial charge is 0.502 e. The molecule has 0 aliphatic heterocycles. The number of aliphatic hydroxyl groups excluding tert-OH is 1. The number of ether oxygens (including phenoxy) is 2. The molecule has 1 aromatic carbocycles. The Labute approximate surface area is 148 Å². The van der Waals surface area contributed by atoms with E-state index in [0.717, 1.165) is 28.9 Å². The molecule has 0 saturated carbocycles. The van der Waals surface area contributed by atoms with Crippen LogP contribution in [0.15, 0.2) is 77.3 Å². The first kappa shape index (κ1) is 18.6. The number of esters is 1. The Morgan fingerprint density at radius 3 is 2.72 bits per heavy atom. The minimum Gasteiger partial charge on any atom is -0.502 e. The first-order valence-corrected chi connectivity index (χ1v) is 8.41. The van der Waals surface area contributed by atoms with Gasteiger partial charge in [0.1, 0.15) is 12.4 Å². The Hall–Kier alpha value is -2.75. The molecule has 0 radical (unpaired) electrons. The van der Waals surface area contributed by atoms with Crippen molar-refractivity contribution in [2.24, 2.45) is 0 Å². The number of carbonyl (C=O) groups is 1. The quantitative estimate of drug-likeness (QED) is 0.461. The van der Waals surface area contributed by atoms with Gasteiger partial charge in [-0.05, 0) is 55.6 Å². The Morgan fingerprint density at radius 1 is 1.24 bits per heavy atom. The summed E-state index contributed by atoms with van der Waals surface area (Å²) in [5.41, 5.74) is 3.11. The summed E-state index contributed by atoms with van der Waals surface area (Å²) in [6.45, 7) is 4.49. The molecule has 0 bridgehead atoms. The van der Waals surface area contributed by atoms with Crippen LogP contribution in [-0.2, 0) is 20.9 Å². The van der Waals surface area contributed by atoms with Crippen LogP contribution in [0.2, 0.25) is 0 Å². The molecule has 4 nitrogen and oxygen atoms in total. The van der Waals surface area contributed by atoms with Crippen molar-refractivity contribution in [1.29, 1.82) is 0 Å². The highest BCUT2D eigenvalue weighted by Crippen LogP contribution is 2.22. The van der Waals surface area contributed by atoms with E-state index < -0.39 is 5.97 Å². The van der Waals surface area contributed by atoms with Crippen molar-refractivity contribution in [1.82, 2.24) is 0 Å². The number of hydrogen-bond donors (Lipinski definition) is 1. The lowest BCUT2D eigenvalue weighted by Crippen LogP contribution is -2.07. The van der Waals surface area contributed by atoms with Crippen LogP contribution in [0.1, 0.15) is 32.3 Å². The number of hydrogen-bond acceptors (Lipinski definition) is 4. The minimum atomic E-state index is -0.700. The topological polar surface area (TPSA) is 55.8 Å². The molecule has 0 aromatic heterocycles. The predicted molar refractivity (Wildman–Crippen MR) is 97.7 cm³/mol. The van der Waals surface area contributed by atoms with Crippen LogP contribution in [0.3, 0.4) is 0 Å². The van der Waals surface area contributed by atoms with Crippen LogP contribution in [0.5, 0.6) is 0 Å². The highest BCUT2D eigenvalue weighted by Gasteiger charge is 2.11. The molecule has 1 aromatic rings. The summed E-state index contributed by atoms with van der Waals surface area (Å²) in [6, 6.07) is 10.0. The summed E-state index contributed by atoms with van der Waals surface area (Å²) in [5.74, 6) is -0.212. The predicted octanol–water partition coefficient (Wildman–Crippen LogP) is 4.76. The molecule has 0 fully saturated rings. The van der Waals surface area contributed by atoms with Gasteiger partial charge in [-0.1, -0.05) is 42.5 Å². The Morgan fingerprint density at radius 2 is 2.00 bits per heavy atom. The lowest BCUT2D eigenvalue weighted by Gasteiger charge is -2.13. The Bertz CT molecular complexity index is 709. The average molecular weight is 340 g/mol. The second-order valence-electron chi connectivity index (χ2n) is 5.77. The van der Waals surface area contributed by atoms with E-state index in [1.54, 1.807) is 6.92 Å². The van der Waals surface area contributed by atoms with Gasteiger partial charge in [0, 0.05) is 0 Å². The molecule has 132 valence electrons. The Balaban J connectivity index is 2.03. The summed E-state index contributed by atoms with van der Waals surface area (Å²) < 4.78 is 10.7. The number of carbonyl (C=O) groups excluding carboxylic acids is 1. The number of aliphatic hydroxyl groups is 1. The average Bonchev–Trinajstić information content (AvgIpc) is 2.61. The van der Waals surface area contributed by atoms with E-state index in [4.69, 9.17) is 9.47 Å². The molecule has 0 saturated heterocycles. The maximum atomic E-state index is 11.5. The Kier molecular flexibility index (Phi) is 7.08. The third kappa shape index (κ3) is 5.99. The molecule has 4 heteroatoms. The van der Waals surface area contributed by atoms with Crippen LogP contribution in [-0.4, -0.2) is 17.7 Å². The van der Waals surface area contributed by atoms with Gasteiger partial charge in [0.05, 0.1) is 6.61 Å². The van der Waals surface area contributed by atoms with E-state index in [0.29, 0.717) is 13.0 Å². The van der Waals surface area contributed by atoms with Crippen LogP contribution < -0.4 is 0 Å². The summed E-state index contributed by atoms with van der Waals surface area (Å²) in [5, 5.41) is 9.78. The normalized spacial score (nSPS) is 21.5. The molecule has 0 amide bonds. The van der Waals surface area contributed by atoms with Gasteiger partial charge < -0.3 is 14.6 Å². The molecular formula is C21H24O4. The minimum absolute atomic E-state index is 0.236. The molecule has 1 N–H and O–H groups in total. The first-order chi connectivity index (χ1) is 12.1. The SMILES string of the molecule is CCOC(=O)/C(O)=C/C1=C/C=C\C(OCc2ccccc2)=C(/C)CC1. The summed E-state index contributed by atoms with van der Waals surface area (Å²) in [6.07, 6.45) is 8.60. The van der Waals surface area contributed by atoms with E-state index >= 15 is 0 Å². The molecule has 25 heavy (non-hydrogen) atoms. The van der Waals surface area contributed by atoms with Crippen LogP contribution in [0, 0.1) is 0 Å². The highest BCUT2D eigenvalue weighted by molar-refractivity contribution is 5.86. The van der Waals surface area contributed by atoms with Crippen molar-refractivity contribution < 1.29 is 19.4 Å². The number of rotatable bonds is 6. The van der Waals surface area contributed by atoms with E-state index in [2.05, 4.69) is 0 Å². The van der Waals surface area contributed by atoms with Gasteiger partial charge in [0.2, 0.25) is 5.76 Å². The van der Waals surface area contributed by atoms with Crippen LogP contribution in [0.4, 0.5) is 0 Å². The smallest absolute Gasteiger partial charge is 0.373 e. The van der Waals surface area contributed by atoms with Crippen molar-refractivity contribution in [3.63, 3.8) is 0 Å². The fourth-order valence-corrected chi connectivity index (χ4v) is 2.41. The zero-order valence-electron chi connectivity index (χ0n) is 14.7. The van der Waals surface area contributed by atoms with Gasteiger partial charge >= 0.3 is 5.97 Å². The van der Waals surface area contributed by atoms with Gasteiger partial charge in [-0.15, -0.1) is 0 Å². The van der Waals surface area contributed by atoms with Crippen molar-refractivity contribution in [3.8, 4) is 0 Å². The fourth-order valence-electron chi connectivity index (χ4n) is 2.41. The lowest BCUT2D eigenvalue weighted by molar-refractivity contribution is -0.141. The number of benzene rings is 1. The standard InChI is InChI=1S/C21H24O4/c1-3-24-21(23)19(22)14-17-10-7-11-20(16(2)12-13-17)25-15-18-8-5-4-6-9-18/h4-11,14,22H,3,12-13,15H2,1-2H3/b11-7-,17-10+,19-14-,20-16-. The van der Waals surface area contributed by atoms with E-state index in [1.165, 1.54) is 6.08 Å². The first-order valence-electron chi connectivity index (χ1n) is 8.41. The van der Waals surface area contributed by atoms with Gasteiger partial charge in [-0.25, -0.2) is 4.79 Å². The van der Waals surface area contributed by atoms with E-state index in [-0.39, 0.29) is 12.4 Å². The van der Waals surface area contributed by atoms with Gasteiger partial charge in [-0.3, -0.25) is 0 Å². The highest BCUT2D eigenvalue weighted by atomic mass is 16.5. The number of allylic oxidation sites excluding steroid dienone is 6. The lowest BCUT2D eigenvalue weighted by atomic mass is 10.0. The summed E-state index contributed by atoms with van der Waals surface area (Å²) >= 11 is 0. The molecule has 0 atom stereocenters. The van der Waals surface area contributed by atoms with Crippen LogP contribution in [0.25, 0.3) is 0 Å².